The maximum Gasteiger partial charge on any atom is 0.306 e. The first-order valence-electron chi connectivity index (χ1n) is 29.7. The lowest BCUT2D eigenvalue weighted by atomic mass is 10.0. The fourth-order valence-electron chi connectivity index (χ4n) is 9.23. The molecule has 0 fully saturated rings. The van der Waals surface area contributed by atoms with Crippen LogP contribution in [-0.2, 0) is 28.6 Å². The van der Waals surface area contributed by atoms with Crippen LogP contribution >= 0.6 is 0 Å². The molecule has 0 aliphatic carbocycles. The Morgan fingerprint density at radius 3 is 0.742 bits per heavy atom. The Hall–Kier alpha value is -1.59. The van der Waals surface area contributed by atoms with Crippen molar-refractivity contribution in [1.82, 2.24) is 0 Å². The molecule has 1 atom stereocenters. The summed E-state index contributed by atoms with van der Waals surface area (Å²) < 4.78 is 16.9. The van der Waals surface area contributed by atoms with Crippen molar-refractivity contribution in [3.8, 4) is 0 Å². The minimum atomic E-state index is -0.762. The molecule has 0 saturated heterocycles. The summed E-state index contributed by atoms with van der Waals surface area (Å²) in [6.45, 7) is 11.4. The van der Waals surface area contributed by atoms with Crippen LogP contribution in [-0.4, -0.2) is 37.2 Å². The van der Waals surface area contributed by atoms with Crippen molar-refractivity contribution in [2.24, 2.45) is 11.8 Å². The lowest BCUT2D eigenvalue weighted by molar-refractivity contribution is -0.167. The normalized spacial score (nSPS) is 12.0. The maximum atomic E-state index is 12.9. The second-order valence-corrected chi connectivity index (χ2v) is 21.6. The zero-order valence-corrected chi connectivity index (χ0v) is 45.3. The maximum absolute atomic E-state index is 12.9. The molecule has 0 aromatic rings. The van der Waals surface area contributed by atoms with E-state index in [0.717, 1.165) is 69.6 Å². The Bertz CT molecular complexity index is 1010. The van der Waals surface area contributed by atoms with Crippen LogP contribution in [0.1, 0.15) is 336 Å². The van der Waals surface area contributed by atoms with E-state index >= 15 is 0 Å². The largest absolute Gasteiger partial charge is 0.462 e. The highest BCUT2D eigenvalue weighted by Crippen LogP contribution is 2.18. The molecule has 0 heterocycles. The second kappa shape index (κ2) is 52.8. The molecule has 0 amide bonds. The summed E-state index contributed by atoms with van der Waals surface area (Å²) >= 11 is 0. The van der Waals surface area contributed by atoms with Gasteiger partial charge in [-0.3, -0.25) is 14.4 Å². The van der Waals surface area contributed by atoms with Gasteiger partial charge in [0.1, 0.15) is 13.2 Å². The molecule has 0 spiro atoms. The average molecular weight is 934 g/mol. The summed E-state index contributed by atoms with van der Waals surface area (Å²) in [5, 5.41) is 0. The van der Waals surface area contributed by atoms with E-state index in [-0.39, 0.29) is 31.1 Å². The van der Waals surface area contributed by atoms with Crippen LogP contribution < -0.4 is 0 Å². The predicted octanol–water partition coefficient (Wildman–Crippen LogP) is 19.7. The number of esters is 3. The van der Waals surface area contributed by atoms with Gasteiger partial charge < -0.3 is 14.2 Å². The van der Waals surface area contributed by atoms with E-state index in [1.54, 1.807) is 0 Å². The third-order valence-corrected chi connectivity index (χ3v) is 13.7. The van der Waals surface area contributed by atoms with Crippen molar-refractivity contribution in [2.45, 2.75) is 343 Å². The van der Waals surface area contributed by atoms with E-state index in [2.05, 4.69) is 34.6 Å². The fourth-order valence-corrected chi connectivity index (χ4v) is 9.23. The third kappa shape index (κ3) is 53.4. The molecule has 66 heavy (non-hydrogen) atoms. The van der Waals surface area contributed by atoms with Crippen LogP contribution in [0, 0.1) is 11.8 Å². The first-order valence-corrected chi connectivity index (χ1v) is 29.7. The molecule has 0 rings (SSSR count). The highest BCUT2D eigenvalue weighted by Gasteiger charge is 2.19. The van der Waals surface area contributed by atoms with E-state index in [0.29, 0.717) is 19.3 Å². The van der Waals surface area contributed by atoms with Crippen molar-refractivity contribution in [2.75, 3.05) is 13.2 Å². The minimum Gasteiger partial charge on any atom is -0.462 e. The fraction of sp³-hybridized carbons (Fsp3) is 0.950. The van der Waals surface area contributed by atoms with Crippen molar-refractivity contribution in [3.63, 3.8) is 0 Å². The van der Waals surface area contributed by atoms with Crippen LogP contribution in [0.25, 0.3) is 0 Å². The quantitative estimate of drug-likeness (QED) is 0.0343. The molecule has 0 aliphatic heterocycles. The van der Waals surface area contributed by atoms with Crippen LogP contribution in [0.15, 0.2) is 0 Å². The van der Waals surface area contributed by atoms with Crippen molar-refractivity contribution in [1.29, 1.82) is 0 Å². The zero-order chi connectivity index (χ0) is 48.2. The highest BCUT2D eigenvalue weighted by atomic mass is 16.6. The van der Waals surface area contributed by atoms with Crippen LogP contribution in [0.5, 0.6) is 0 Å². The van der Waals surface area contributed by atoms with Gasteiger partial charge in [-0.1, -0.05) is 298 Å². The third-order valence-electron chi connectivity index (χ3n) is 13.7. The van der Waals surface area contributed by atoms with E-state index < -0.39 is 6.10 Å². The van der Waals surface area contributed by atoms with E-state index in [9.17, 15) is 14.4 Å². The summed E-state index contributed by atoms with van der Waals surface area (Å²) in [5.74, 6) is 0.866. The summed E-state index contributed by atoms with van der Waals surface area (Å²) in [6, 6.07) is 0. The van der Waals surface area contributed by atoms with Crippen molar-refractivity contribution < 1.29 is 28.6 Å². The zero-order valence-electron chi connectivity index (χ0n) is 45.3. The van der Waals surface area contributed by atoms with Gasteiger partial charge in [0.15, 0.2) is 6.10 Å². The molecule has 0 aliphatic rings. The number of hydrogen-bond donors (Lipinski definition) is 0. The number of ether oxygens (including phenoxy) is 3. The number of carbonyl (C=O) groups is 3. The molecule has 0 bridgehead atoms. The number of unbranched alkanes of at least 4 members (excludes halogenated alkanes) is 39. The van der Waals surface area contributed by atoms with Gasteiger partial charge in [0.2, 0.25) is 0 Å². The standard InChI is InChI=1S/C60H116O6/c1-6-7-8-9-10-11-30-35-40-45-50-58(61)64-53-57(66-60(63)52-47-42-37-32-27-23-19-15-13-17-21-25-29-34-39-44-49-56(4)5)54-65-59(62)51-46-41-36-31-26-22-18-14-12-16-20-24-28-33-38-43-48-55(2)3/h55-57H,6-54H2,1-5H3/t57-/m1/s1. The molecule has 0 aromatic heterocycles. The predicted molar refractivity (Wildman–Crippen MR) is 284 cm³/mol. The minimum absolute atomic E-state index is 0.0624. The summed E-state index contributed by atoms with van der Waals surface area (Å²) in [5.41, 5.74) is 0. The molecular weight excluding hydrogens is 817 g/mol. The van der Waals surface area contributed by atoms with Crippen molar-refractivity contribution >= 4 is 17.9 Å². The molecule has 6 heteroatoms. The summed E-state index contributed by atoms with van der Waals surface area (Å²) in [6.07, 6.45) is 56.7. The van der Waals surface area contributed by atoms with Crippen LogP contribution in [0.2, 0.25) is 0 Å². The van der Waals surface area contributed by atoms with E-state index in [4.69, 9.17) is 14.2 Å². The Kier molecular flexibility index (Phi) is 51.5. The van der Waals surface area contributed by atoms with Gasteiger partial charge in [-0.05, 0) is 31.1 Å². The SMILES string of the molecule is CCCCCCCCCCCCC(=O)OC[C@H](COC(=O)CCCCCCCCCCCCCCCCCCC(C)C)OC(=O)CCCCCCCCCCCCCCCCCCC(C)C. The highest BCUT2D eigenvalue weighted by molar-refractivity contribution is 5.71. The van der Waals surface area contributed by atoms with Gasteiger partial charge in [0.25, 0.3) is 0 Å². The Morgan fingerprint density at radius 2 is 0.500 bits per heavy atom. The van der Waals surface area contributed by atoms with E-state index in [1.165, 1.54) is 225 Å². The molecule has 6 nitrogen and oxygen atoms in total. The van der Waals surface area contributed by atoms with Crippen molar-refractivity contribution in [3.05, 3.63) is 0 Å². The van der Waals surface area contributed by atoms with Crippen LogP contribution in [0.4, 0.5) is 0 Å². The van der Waals surface area contributed by atoms with E-state index in [1.807, 2.05) is 0 Å². The summed E-state index contributed by atoms with van der Waals surface area (Å²) in [4.78, 5) is 38.1. The second-order valence-electron chi connectivity index (χ2n) is 21.6. The number of hydrogen-bond acceptors (Lipinski definition) is 6. The Balaban J connectivity index is 4.22. The van der Waals surface area contributed by atoms with Gasteiger partial charge in [0.05, 0.1) is 0 Å². The van der Waals surface area contributed by atoms with Gasteiger partial charge in [-0.25, -0.2) is 0 Å². The van der Waals surface area contributed by atoms with Gasteiger partial charge >= 0.3 is 17.9 Å². The Labute approximate surface area is 412 Å². The Morgan fingerprint density at radius 1 is 0.288 bits per heavy atom. The molecule has 0 unspecified atom stereocenters. The van der Waals surface area contributed by atoms with Gasteiger partial charge in [0, 0.05) is 19.3 Å². The molecule has 0 saturated carbocycles. The molecule has 0 aromatic carbocycles. The molecule has 0 radical (unpaired) electrons. The summed E-state index contributed by atoms with van der Waals surface area (Å²) in [7, 11) is 0. The van der Waals surface area contributed by atoms with Gasteiger partial charge in [-0.2, -0.15) is 0 Å². The number of rotatable bonds is 54. The molecule has 392 valence electrons. The van der Waals surface area contributed by atoms with Gasteiger partial charge in [-0.15, -0.1) is 0 Å². The first kappa shape index (κ1) is 64.4. The lowest BCUT2D eigenvalue weighted by Gasteiger charge is -2.18. The smallest absolute Gasteiger partial charge is 0.306 e. The molecule has 0 N–H and O–H groups in total. The monoisotopic (exact) mass is 933 g/mol. The number of carbonyl (C=O) groups excluding carboxylic acids is 3. The topological polar surface area (TPSA) is 78.9 Å². The van der Waals surface area contributed by atoms with Crippen LogP contribution in [0.3, 0.4) is 0 Å². The first-order chi connectivity index (χ1) is 32.2. The average Bonchev–Trinajstić information content (AvgIpc) is 3.29. The molecular formula is C60H116O6. The lowest BCUT2D eigenvalue weighted by Crippen LogP contribution is -2.30.